The highest BCUT2D eigenvalue weighted by molar-refractivity contribution is 8.00. The summed E-state index contributed by atoms with van der Waals surface area (Å²) in [5.74, 6) is -0.739. The molecular weight excluding hydrogens is 256 g/mol. The summed E-state index contributed by atoms with van der Waals surface area (Å²) in [6.45, 7) is 0. The molecule has 0 radical (unpaired) electrons. The summed E-state index contributed by atoms with van der Waals surface area (Å²) < 4.78 is 0. The Morgan fingerprint density at radius 3 is 2.82 bits per heavy atom. The van der Waals surface area contributed by atoms with E-state index in [0.717, 1.165) is 27.2 Å². The minimum Gasteiger partial charge on any atom is -0.481 e. The topological polar surface area (TPSA) is 37.3 Å². The van der Waals surface area contributed by atoms with Crippen molar-refractivity contribution >= 4 is 29.3 Å². The summed E-state index contributed by atoms with van der Waals surface area (Å²) in [7, 11) is 0. The van der Waals surface area contributed by atoms with Gasteiger partial charge in [0.2, 0.25) is 0 Å². The minimum absolute atomic E-state index is 0.218. The van der Waals surface area contributed by atoms with Crippen molar-refractivity contribution in [2.75, 3.05) is 0 Å². The van der Waals surface area contributed by atoms with Crippen LogP contribution in [0.15, 0.2) is 23.1 Å². The van der Waals surface area contributed by atoms with Crippen molar-refractivity contribution in [2.45, 2.75) is 42.2 Å². The van der Waals surface area contributed by atoms with E-state index in [0.29, 0.717) is 6.42 Å². The van der Waals surface area contributed by atoms with Gasteiger partial charge in [0.1, 0.15) is 0 Å². The van der Waals surface area contributed by atoms with Gasteiger partial charge in [0.05, 0.1) is 5.02 Å². The predicted octanol–water partition coefficient (Wildman–Crippen LogP) is 4.00. The van der Waals surface area contributed by atoms with E-state index in [1.807, 2.05) is 17.8 Å². The lowest BCUT2D eigenvalue weighted by Crippen LogP contribution is -1.96. The normalized spacial score (nSPS) is 14.9. The van der Waals surface area contributed by atoms with Gasteiger partial charge in [0, 0.05) is 16.6 Å². The number of aryl methyl sites for hydroxylation is 1. The third-order valence-corrected chi connectivity index (χ3v) is 4.51. The number of rotatable bonds is 6. The van der Waals surface area contributed by atoms with Crippen LogP contribution < -0.4 is 0 Å². The summed E-state index contributed by atoms with van der Waals surface area (Å²) in [6.07, 6.45) is 4.25. The van der Waals surface area contributed by atoms with Crippen molar-refractivity contribution in [1.29, 1.82) is 0 Å². The van der Waals surface area contributed by atoms with E-state index in [2.05, 4.69) is 12.1 Å². The molecular formula is C13H15ClO2S. The largest absolute Gasteiger partial charge is 0.481 e. The number of carbonyl (C=O) groups is 1. The van der Waals surface area contributed by atoms with Gasteiger partial charge in [-0.25, -0.2) is 0 Å². The van der Waals surface area contributed by atoms with Crippen LogP contribution >= 0.6 is 23.4 Å². The van der Waals surface area contributed by atoms with Crippen molar-refractivity contribution in [3.05, 3.63) is 28.8 Å². The van der Waals surface area contributed by atoms with E-state index >= 15 is 0 Å². The number of aliphatic carboxylic acids is 1. The van der Waals surface area contributed by atoms with Gasteiger partial charge in [-0.3, -0.25) is 4.79 Å². The van der Waals surface area contributed by atoms with Crippen molar-refractivity contribution in [3.8, 4) is 0 Å². The molecule has 2 nitrogen and oxygen atoms in total. The molecule has 1 N–H and O–H groups in total. The van der Waals surface area contributed by atoms with Crippen LogP contribution in [0.5, 0.6) is 0 Å². The number of carboxylic acids is 1. The summed E-state index contributed by atoms with van der Waals surface area (Å²) >= 11 is 8.05. The SMILES string of the molecule is O=C(O)CCCc1ccc(SC2CC2)c(Cl)c1. The molecule has 0 atom stereocenters. The molecule has 17 heavy (non-hydrogen) atoms. The molecule has 4 heteroatoms. The van der Waals surface area contributed by atoms with Crippen LogP contribution in [-0.4, -0.2) is 16.3 Å². The number of hydrogen-bond acceptors (Lipinski definition) is 2. The number of hydrogen-bond donors (Lipinski definition) is 1. The summed E-state index contributed by atoms with van der Waals surface area (Å²) in [4.78, 5) is 11.6. The molecule has 92 valence electrons. The van der Waals surface area contributed by atoms with E-state index in [-0.39, 0.29) is 6.42 Å². The molecule has 1 aliphatic rings. The molecule has 0 aliphatic heterocycles. The van der Waals surface area contributed by atoms with E-state index in [1.165, 1.54) is 12.8 Å². The highest BCUT2D eigenvalue weighted by atomic mass is 35.5. The molecule has 1 aromatic carbocycles. The lowest BCUT2D eigenvalue weighted by Gasteiger charge is -2.06. The third kappa shape index (κ3) is 4.25. The van der Waals surface area contributed by atoms with Gasteiger partial charge in [-0.2, -0.15) is 0 Å². The number of thioether (sulfide) groups is 1. The average Bonchev–Trinajstić information content (AvgIpc) is 3.05. The Kier molecular flexibility index (Phi) is 4.35. The number of benzene rings is 1. The minimum atomic E-state index is -0.739. The second kappa shape index (κ2) is 5.78. The molecule has 1 saturated carbocycles. The number of halogens is 1. The van der Waals surface area contributed by atoms with Crippen LogP contribution in [0.4, 0.5) is 0 Å². The third-order valence-electron chi connectivity index (χ3n) is 2.67. The van der Waals surface area contributed by atoms with E-state index in [9.17, 15) is 4.79 Å². The molecule has 0 spiro atoms. The van der Waals surface area contributed by atoms with Crippen molar-refractivity contribution < 1.29 is 9.90 Å². The van der Waals surface area contributed by atoms with Crippen molar-refractivity contribution in [2.24, 2.45) is 0 Å². The Hall–Kier alpha value is -0.670. The standard InChI is InChI=1S/C13H15ClO2S/c14-11-8-9(2-1-3-13(15)16)4-7-12(11)17-10-5-6-10/h4,7-8,10H,1-3,5-6H2,(H,15,16). The number of carboxylic acid groups (broad SMARTS) is 1. The summed E-state index contributed by atoms with van der Waals surface area (Å²) in [6, 6.07) is 6.08. The Morgan fingerprint density at radius 1 is 1.47 bits per heavy atom. The zero-order valence-corrected chi connectivity index (χ0v) is 11.1. The fourth-order valence-electron chi connectivity index (χ4n) is 1.60. The average molecular weight is 271 g/mol. The van der Waals surface area contributed by atoms with Gasteiger partial charge in [0.25, 0.3) is 0 Å². The molecule has 0 heterocycles. The highest BCUT2D eigenvalue weighted by Gasteiger charge is 2.23. The van der Waals surface area contributed by atoms with E-state index in [4.69, 9.17) is 16.7 Å². The molecule has 1 fully saturated rings. The first-order valence-electron chi connectivity index (χ1n) is 5.82. The van der Waals surface area contributed by atoms with Gasteiger partial charge in [-0.1, -0.05) is 17.7 Å². The molecule has 0 saturated heterocycles. The molecule has 0 bridgehead atoms. The summed E-state index contributed by atoms with van der Waals surface area (Å²) in [5.41, 5.74) is 1.12. The second-order valence-corrected chi connectivity index (χ2v) is 6.08. The maximum absolute atomic E-state index is 10.4. The van der Waals surface area contributed by atoms with Gasteiger partial charge < -0.3 is 5.11 Å². The molecule has 0 amide bonds. The zero-order valence-electron chi connectivity index (χ0n) is 9.49. The first-order valence-corrected chi connectivity index (χ1v) is 7.08. The predicted molar refractivity (Wildman–Crippen MR) is 70.9 cm³/mol. The fourth-order valence-corrected chi connectivity index (χ4v) is 2.99. The van der Waals surface area contributed by atoms with Crippen LogP contribution in [0, 0.1) is 0 Å². The lowest BCUT2D eigenvalue weighted by atomic mass is 10.1. The highest BCUT2D eigenvalue weighted by Crippen LogP contribution is 2.41. The second-order valence-electron chi connectivity index (χ2n) is 4.33. The summed E-state index contributed by atoms with van der Waals surface area (Å²) in [5, 5.41) is 10.1. The van der Waals surface area contributed by atoms with Crippen molar-refractivity contribution in [3.63, 3.8) is 0 Å². The monoisotopic (exact) mass is 270 g/mol. The lowest BCUT2D eigenvalue weighted by molar-refractivity contribution is -0.137. The van der Waals surface area contributed by atoms with Crippen LogP contribution in [0.2, 0.25) is 5.02 Å². The Bertz CT molecular complexity index is 416. The molecule has 2 rings (SSSR count). The maximum Gasteiger partial charge on any atom is 0.303 e. The van der Waals surface area contributed by atoms with E-state index in [1.54, 1.807) is 0 Å². The molecule has 0 aromatic heterocycles. The first kappa shape index (κ1) is 12.8. The van der Waals surface area contributed by atoms with E-state index < -0.39 is 5.97 Å². The van der Waals surface area contributed by atoms with Crippen molar-refractivity contribution in [1.82, 2.24) is 0 Å². The zero-order chi connectivity index (χ0) is 12.3. The molecule has 1 aliphatic carbocycles. The van der Waals surface area contributed by atoms with Gasteiger partial charge in [-0.15, -0.1) is 11.8 Å². The maximum atomic E-state index is 10.4. The van der Waals surface area contributed by atoms with Crippen LogP contribution in [0.3, 0.4) is 0 Å². The fraction of sp³-hybridized carbons (Fsp3) is 0.462. The smallest absolute Gasteiger partial charge is 0.303 e. The Balaban J connectivity index is 1.90. The Morgan fingerprint density at radius 2 is 2.24 bits per heavy atom. The quantitative estimate of drug-likeness (QED) is 0.849. The first-order chi connectivity index (χ1) is 8.15. The van der Waals surface area contributed by atoms with Crippen LogP contribution in [0.25, 0.3) is 0 Å². The van der Waals surface area contributed by atoms with Gasteiger partial charge in [-0.05, 0) is 43.4 Å². The Labute approximate surface area is 110 Å². The molecule has 0 unspecified atom stereocenters. The van der Waals surface area contributed by atoms with Gasteiger partial charge in [0.15, 0.2) is 0 Å². The van der Waals surface area contributed by atoms with Crippen LogP contribution in [-0.2, 0) is 11.2 Å². The van der Waals surface area contributed by atoms with Crippen LogP contribution in [0.1, 0.15) is 31.2 Å². The van der Waals surface area contributed by atoms with Gasteiger partial charge >= 0.3 is 5.97 Å². The molecule has 1 aromatic rings.